The highest BCUT2D eigenvalue weighted by Crippen LogP contribution is 2.26. The van der Waals surface area contributed by atoms with Gasteiger partial charge in [0.05, 0.1) is 12.0 Å². The number of amides is 2. The molecule has 3 rings (SSSR count). The monoisotopic (exact) mass is 466 g/mol. The van der Waals surface area contributed by atoms with Crippen molar-refractivity contribution in [3.05, 3.63) is 36.0 Å². The number of aromatic nitrogens is 1. The number of benzene rings is 1. The van der Waals surface area contributed by atoms with E-state index in [9.17, 15) is 19.6 Å². The van der Waals surface area contributed by atoms with E-state index in [2.05, 4.69) is 16.7 Å². The number of aryl methyl sites for hydroxylation is 1. The number of carbonyl (C=O) groups is 3. The zero-order valence-electron chi connectivity index (χ0n) is 20.4. The zero-order chi connectivity index (χ0) is 24.9. The van der Waals surface area contributed by atoms with E-state index in [-0.39, 0.29) is 30.7 Å². The standard InChI is InChI=1S/C26H34N4O4/c1-26(2,3)34-23(31)14-13-18(16-27)28-24(32)19-10-6-7-11-20(19)29-25(33)22-15-17-9-5-8-12-21(17)30(22)4/h5,8-9,12,15,18-20H,6-7,10-11,13-14H2,1-4H3,(H,28,32)(H,29,33). The molecule has 1 aromatic carbocycles. The summed E-state index contributed by atoms with van der Waals surface area (Å²) in [5.74, 6) is -1.31. The van der Waals surface area contributed by atoms with Gasteiger partial charge in [0.25, 0.3) is 5.91 Å². The molecule has 0 aliphatic heterocycles. The maximum absolute atomic E-state index is 13.1. The zero-order valence-corrected chi connectivity index (χ0v) is 20.4. The van der Waals surface area contributed by atoms with Gasteiger partial charge in [-0.15, -0.1) is 0 Å². The molecular weight excluding hydrogens is 432 g/mol. The van der Waals surface area contributed by atoms with Crippen molar-refractivity contribution in [3.63, 3.8) is 0 Å². The van der Waals surface area contributed by atoms with Crippen molar-refractivity contribution in [1.29, 1.82) is 5.26 Å². The van der Waals surface area contributed by atoms with E-state index < -0.39 is 23.5 Å². The third-order valence-corrected chi connectivity index (χ3v) is 6.13. The lowest BCUT2D eigenvalue weighted by Gasteiger charge is -2.31. The molecule has 1 heterocycles. The largest absolute Gasteiger partial charge is 0.460 e. The van der Waals surface area contributed by atoms with Crippen LogP contribution in [-0.2, 0) is 21.4 Å². The minimum absolute atomic E-state index is 0.0433. The van der Waals surface area contributed by atoms with Crippen molar-refractivity contribution in [2.24, 2.45) is 13.0 Å². The molecule has 1 saturated carbocycles. The van der Waals surface area contributed by atoms with Gasteiger partial charge >= 0.3 is 5.97 Å². The normalized spacial score (nSPS) is 19.1. The first-order valence-electron chi connectivity index (χ1n) is 11.9. The van der Waals surface area contributed by atoms with Crippen LogP contribution in [0.4, 0.5) is 0 Å². The number of hydrogen-bond acceptors (Lipinski definition) is 5. The Bertz CT molecular complexity index is 1090. The Labute approximate surface area is 200 Å². The molecule has 0 radical (unpaired) electrons. The summed E-state index contributed by atoms with van der Waals surface area (Å²) in [6, 6.07) is 10.6. The second kappa shape index (κ2) is 10.7. The van der Waals surface area contributed by atoms with Crippen molar-refractivity contribution in [2.75, 3.05) is 0 Å². The third kappa shape index (κ3) is 6.37. The van der Waals surface area contributed by atoms with Gasteiger partial charge in [-0.3, -0.25) is 14.4 Å². The Kier molecular flexibility index (Phi) is 7.98. The maximum Gasteiger partial charge on any atom is 0.306 e. The van der Waals surface area contributed by atoms with Crippen LogP contribution < -0.4 is 10.6 Å². The fourth-order valence-corrected chi connectivity index (χ4v) is 4.47. The van der Waals surface area contributed by atoms with Crippen molar-refractivity contribution in [2.45, 2.75) is 77.0 Å². The van der Waals surface area contributed by atoms with Crippen LogP contribution in [0.1, 0.15) is 69.8 Å². The second-order valence-corrected chi connectivity index (χ2v) is 9.93. The number of carbonyl (C=O) groups excluding carboxylic acids is 3. The van der Waals surface area contributed by atoms with Gasteiger partial charge in [0, 0.05) is 30.4 Å². The number of para-hydroxylation sites is 1. The fourth-order valence-electron chi connectivity index (χ4n) is 4.47. The average molecular weight is 467 g/mol. The Morgan fingerprint density at radius 3 is 2.59 bits per heavy atom. The molecule has 2 N–H and O–H groups in total. The maximum atomic E-state index is 13.1. The van der Waals surface area contributed by atoms with Crippen LogP contribution in [0.5, 0.6) is 0 Å². The molecule has 1 aliphatic rings. The van der Waals surface area contributed by atoms with Gasteiger partial charge in [-0.05, 0) is 52.2 Å². The third-order valence-electron chi connectivity index (χ3n) is 6.13. The number of ether oxygens (including phenoxy) is 1. The minimum Gasteiger partial charge on any atom is -0.460 e. The van der Waals surface area contributed by atoms with Gasteiger partial charge in [-0.1, -0.05) is 31.0 Å². The molecule has 2 aromatic rings. The Balaban J connectivity index is 1.62. The minimum atomic E-state index is -0.795. The van der Waals surface area contributed by atoms with Crippen LogP contribution in [0, 0.1) is 17.2 Å². The topological polar surface area (TPSA) is 113 Å². The molecular formula is C26H34N4O4. The quantitative estimate of drug-likeness (QED) is 0.606. The number of rotatable bonds is 7. The smallest absolute Gasteiger partial charge is 0.306 e. The van der Waals surface area contributed by atoms with Gasteiger partial charge < -0.3 is 19.9 Å². The van der Waals surface area contributed by atoms with Crippen LogP contribution in [0.3, 0.4) is 0 Å². The number of esters is 1. The summed E-state index contributed by atoms with van der Waals surface area (Å²) < 4.78 is 7.13. The summed E-state index contributed by atoms with van der Waals surface area (Å²) in [4.78, 5) is 38.1. The lowest BCUT2D eigenvalue weighted by molar-refractivity contribution is -0.155. The van der Waals surface area contributed by atoms with Gasteiger partial charge in [-0.25, -0.2) is 0 Å². The second-order valence-electron chi connectivity index (χ2n) is 9.93. The molecule has 182 valence electrons. The van der Waals surface area contributed by atoms with Crippen LogP contribution in [0.25, 0.3) is 10.9 Å². The molecule has 2 amide bonds. The van der Waals surface area contributed by atoms with E-state index >= 15 is 0 Å². The highest BCUT2D eigenvalue weighted by atomic mass is 16.6. The van der Waals surface area contributed by atoms with E-state index in [0.29, 0.717) is 18.5 Å². The summed E-state index contributed by atoms with van der Waals surface area (Å²) >= 11 is 0. The predicted octanol–water partition coefficient (Wildman–Crippen LogP) is 3.60. The van der Waals surface area contributed by atoms with Crippen molar-refractivity contribution >= 4 is 28.7 Å². The molecule has 1 fully saturated rings. The van der Waals surface area contributed by atoms with Crippen LogP contribution in [-0.4, -0.2) is 40.0 Å². The summed E-state index contributed by atoms with van der Waals surface area (Å²) in [6.07, 6.45) is 3.36. The molecule has 1 aromatic heterocycles. The van der Waals surface area contributed by atoms with E-state index in [1.54, 1.807) is 20.8 Å². The number of nitrogens with one attached hydrogen (secondary N) is 2. The summed E-state index contributed by atoms with van der Waals surface area (Å²) in [7, 11) is 1.85. The van der Waals surface area contributed by atoms with E-state index in [1.165, 1.54) is 0 Å². The summed E-state index contributed by atoms with van der Waals surface area (Å²) in [5.41, 5.74) is 0.908. The molecule has 0 saturated heterocycles. The Morgan fingerprint density at radius 1 is 1.21 bits per heavy atom. The van der Waals surface area contributed by atoms with E-state index in [4.69, 9.17) is 4.74 Å². The molecule has 8 nitrogen and oxygen atoms in total. The first-order chi connectivity index (χ1) is 16.1. The molecule has 8 heteroatoms. The summed E-state index contributed by atoms with van der Waals surface area (Å²) in [5, 5.41) is 16.3. The molecule has 3 unspecified atom stereocenters. The lowest BCUT2D eigenvalue weighted by atomic mass is 9.83. The number of nitriles is 1. The van der Waals surface area contributed by atoms with Crippen LogP contribution in [0.15, 0.2) is 30.3 Å². The number of nitrogens with zero attached hydrogens (tertiary/aromatic N) is 2. The van der Waals surface area contributed by atoms with Gasteiger partial charge in [0.1, 0.15) is 17.3 Å². The number of fused-ring (bicyclic) bond motifs is 1. The Hall–Kier alpha value is -3.34. The van der Waals surface area contributed by atoms with Crippen molar-refractivity contribution < 1.29 is 19.1 Å². The SMILES string of the molecule is Cn1c(C(=O)NC2CCCCC2C(=O)NC(C#N)CCC(=O)OC(C)(C)C)cc2ccccc21. The number of hydrogen-bond donors (Lipinski definition) is 2. The van der Waals surface area contributed by atoms with Gasteiger partial charge in [-0.2, -0.15) is 5.26 Å². The Morgan fingerprint density at radius 2 is 1.91 bits per heavy atom. The lowest BCUT2D eigenvalue weighted by Crippen LogP contribution is -2.50. The molecule has 0 bridgehead atoms. The van der Waals surface area contributed by atoms with Crippen LogP contribution in [0.2, 0.25) is 0 Å². The van der Waals surface area contributed by atoms with E-state index in [0.717, 1.165) is 23.7 Å². The highest BCUT2D eigenvalue weighted by molar-refractivity contribution is 5.99. The van der Waals surface area contributed by atoms with Crippen molar-refractivity contribution in [3.8, 4) is 6.07 Å². The van der Waals surface area contributed by atoms with Crippen molar-refractivity contribution in [1.82, 2.24) is 15.2 Å². The molecule has 3 atom stereocenters. The molecule has 1 aliphatic carbocycles. The van der Waals surface area contributed by atoms with Gasteiger partial charge in [0.15, 0.2) is 0 Å². The molecule has 34 heavy (non-hydrogen) atoms. The van der Waals surface area contributed by atoms with Crippen LogP contribution >= 0.6 is 0 Å². The predicted molar refractivity (Wildman–Crippen MR) is 129 cm³/mol. The first-order valence-corrected chi connectivity index (χ1v) is 11.9. The average Bonchev–Trinajstić information content (AvgIpc) is 3.12. The van der Waals surface area contributed by atoms with E-state index in [1.807, 2.05) is 41.9 Å². The highest BCUT2D eigenvalue weighted by Gasteiger charge is 2.33. The molecule has 0 spiro atoms. The van der Waals surface area contributed by atoms with Gasteiger partial charge in [0.2, 0.25) is 5.91 Å². The fraction of sp³-hybridized carbons (Fsp3) is 0.538. The summed E-state index contributed by atoms with van der Waals surface area (Å²) in [6.45, 7) is 5.35. The first kappa shape index (κ1) is 25.3.